The molecule has 0 atom stereocenters. The molecule has 5 nitrogen and oxygen atoms in total. The van der Waals surface area contributed by atoms with E-state index in [4.69, 9.17) is 14.2 Å². The highest BCUT2D eigenvalue weighted by atomic mass is 79.9. The Morgan fingerprint density at radius 1 is 1.08 bits per heavy atom. The predicted molar refractivity (Wildman–Crippen MR) is 93.2 cm³/mol. The van der Waals surface area contributed by atoms with Crippen LogP contribution in [0.3, 0.4) is 0 Å². The van der Waals surface area contributed by atoms with E-state index in [-0.39, 0.29) is 23.3 Å². The van der Waals surface area contributed by atoms with Gasteiger partial charge in [0.25, 0.3) is 0 Å². The molecule has 24 heavy (non-hydrogen) atoms. The third kappa shape index (κ3) is 4.35. The molecule has 0 aromatic heterocycles. The molecule has 0 aliphatic rings. The van der Waals surface area contributed by atoms with E-state index in [0.717, 1.165) is 11.3 Å². The summed E-state index contributed by atoms with van der Waals surface area (Å²) < 4.78 is 15.7. The van der Waals surface area contributed by atoms with E-state index in [2.05, 4.69) is 15.9 Å². The van der Waals surface area contributed by atoms with Crippen LogP contribution in [0.1, 0.15) is 26.3 Å². The number of methoxy groups -OCH3 is 2. The van der Waals surface area contributed by atoms with E-state index in [1.54, 1.807) is 19.2 Å². The van der Waals surface area contributed by atoms with Crippen molar-refractivity contribution in [2.45, 2.75) is 6.61 Å². The lowest BCUT2D eigenvalue weighted by Crippen LogP contribution is -2.09. The normalized spacial score (nSPS) is 10.1. The van der Waals surface area contributed by atoms with Gasteiger partial charge in [0, 0.05) is 5.56 Å². The lowest BCUT2D eigenvalue weighted by atomic mass is 10.1. The number of ether oxygens (including phenoxy) is 3. The molecule has 126 valence electrons. The second-order valence-corrected chi connectivity index (χ2v) is 5.46. The molecule has 6 heteroatoms. The third-order valence-corrected chi connectivity index (χ3v) is 3.87. The quantitative estimate of drug-likeness (QED) is 0.408. The van der Waals surface area contributed by atoms with E-state index in [9.17, 15) is 9.59 Å². The number of rotatable bonds is 7. The van der Waals surface area contributed by atoms with Crippen molar-refractivity contribution in [1.82, 2.24) is 0 Å². The van der Waals surface area contributed by atoms with Crippen LogP contribution < -0.4 is 9.47 Å². The van der Waals surface area contributed by atoms with Crippen LogP contribution in [0.5, 0.6) is 11.5 Å². The number of benzene rings is 2. The Kier molecular flexibility index (Phi) is 6.37. The molecule has 0 fully saturated rings. The van der Waals surface area contributed by atoms with Gasteiger partial charge in [0.05, 0.1) is 19.5 Å². The van der Waals surface area contributed by atoms with Crippen LogP contribution >= 0.6 is 15.9 Å². The van der Waals surface area contributed by atoms with Crippen molar-refractivity contribution in [1.29, 1.82) is 0 Å². The number of hydrogen-bond acceptors (Lipinski definition) is 5. The Morgan fingerprint density at radius 3 is 2.54 bits per heavy atom. The summed E-state index contributed by atoms with van der Waals surface area (Å²) in [6.45, 7) is 0.257. The predicted octanol–water partition coefficient (Wildman–Crippen LogP) is 3.64. The van der Waals surface area contributed by atoms with E-state index >= 15 is 0 Å². The zero-order valence-electron chi connectivity index (χ0n) is 13.4. The van der Waals surface area contributed by atoms with Crippen LogP contribution in [0.4, 0.5) is 0 Å². The maximum atomic E-state index is 12.0. The SMILES string of the molecule is COC(=O)c1cc(C(=O)CBr)ccc1OCc1cccc(OC)c1. The molecule has 0 aliphatic heterocycles. The number of alkyl halides is 1. The minimum absolute atomic E-state index is 0.125. The van der Waals surface area contributed by atoms with E-state index < -0.39 is 5.97 Å². The van der Waals surface area contributed by atoms with Crippen LogP contribution in [-0.4, -0.2) is 31.3 Å². The second-order valence-electron chi connectivity index (χ2n) is 4.90. The summed E-state index contributed by atoms with van der Waals surface area (Å²) in [5.74, 6) is 0.401. The van der Waals surface area contributed by atoms with Crippen molar-refractivity contribution in [3.8, 4) is 11.5 Å². The molecule has 0 bridgehead atoms. The molecule has 2 rings (SSSR count). The number of Topliss-reactive ketones (excluding diaryl/α,β-unsaturated/α-hetero) is 1. The van der Waals surface area contributed by atoms with E-state index in [0.29, 0.717) is 11.3 Å². The van der Waals surface area contributed by atoms with Crippen molar-refractivity contribution < 1.29 is 23.8 Å². The summed E-state index contributed by atoms with van der Waals surface area (Å²) in [5.41, 5.74) is 1.53. The lowest BCUT2D eigenvalue weighted by Gasteiger charge is -2.12. The van der Waals surface area contributed by atoms with Gasteiger partial charge < -0.3 is 14.2 Å². The number of carbonyl (C=O) groups excluding carboxylic acids is 2. The number of hydrogen-bond donors (Lipinski definition) is 0. The third-order valence-electron chi connectivity index (χ3n) is 3.36. The Hall–Kier alpha value is -2.34. The fourth-order valence-electron chi connectivity index (χ4n) is 2.10. The first kappa shape index (κ1) is 18.0. The van der Waals surface area contributed by atoms with Gasteiger partial charge in [0.2, 0.25) is 0 Å². The van der Waals surface area contributed by atoms with E-state index in [1.165, 1.54) is 13.2 Å². The van der Waals surface area contributed by atoms with Gasteiger partial charge in [-0.15, -0.1) is 0 Å². The highest BCUT2D eigenvalue weighted by Crippen LogP contribution is 2.23. The molecular formula is C18H17BrO5. The fourth-order valence-corrected chi connectivity index (χ4v) is 2.42. The molecule has 0 amide bonds. The van der Waals surface area contributed by atoms with Crippen molar-refractivity contribution in [3.63, 3.8) is 0 Å². The molecule has 0 saturated carbocycles. The molecule has 0 saturated heterocycles. The number of halogens is 1. The lowest BCUT2D eigenvalue weighted by molar-refractivity contribution is 0.0595. The first-order chi connectivity index (χ1) is 11.6. The molecule has 0 heterocycles. The molecule has 2 aromatic rings. The van der Waals surface area contributed by atoms with Gasteiger partial charge in [-0.3, -0.25) is 4.79 Å². The number of ketones is 1. The monoisotopic (exact) mass is 392 g/mol. The molecule has 2 aromatic carbocycles. The first-order valence-corrected chi connectivity index (χ1v) is 8.28. The topological polar surface area (TPSA) is 61.8 Å². The summed E-state index contributed by atoms with van der Waals surface area (Å²) in [5, 5.41) is 0.178. The Labute approximate surface area is 148 Å². The number of esters is 1. The molecule has 0 unspecified atom stereocenters. The summed E-state index contributed by atoms with van der Waals surface area (Å²) in [6, 6.07) is 12.1. The summed E-state index contributed by atoms with van der Waals surface area (Å²) in [6.07, 6.45) is 0. The maximum Gasteiger partial charge on any atom is 0.341 e. The molecule has 0 aliphatic carbocycles. The van der Waals surface area contributed by atoms with Gasteiger partial charge in [-0.25, -0.2) is 4.79 Å². The van der Waals surface area contributed by atoms with Crippen LogP contribution in [0, 0.1) is 0 Å². The minimum atomic E-state index is -0.556. The summed E-state index contributed by atoms with van der Waals surface area (Å²) in [7, 11) is 2.88. The van der Waals surface area contributed by atoms with Crippen LogP contribution in [-0.2, 0) is 11.3 Å². The van der Waals surface area contributed by atoms with Crippen molar-refractivity contribution in [3.05, 3.63) is 59.2 Å². The Morgan fingerprint density at radius 2 is 1.88 bits per heavy atom. The molecular weight excluding hydrogens is 376 g/mol. The standard InChI is InChI=1S/C18H17BrO5/c1-22-14-5-3-4-12(8-14)11-24-17-7-6-13(16(20)10-19)9-15(17)18(21)23-2/h3-9H,10-11H2,1-2H3. The molecule has 0 N–H and O–H groups in total. The van der Waals surface area contributed by atoms with Gasteiger partial charge >= 0.3 is 5.97 Å². The minimum Gasteiger partial charge on any atom is -0.497 e. The smallest absolute Gasteiger partial charge is 0.341 e. The largest absolute Gasteiger partial charge is 0.497 e. The zero-order chi connectivity index (χ0) is 17.5. The zero-order valence-corrected chi connectivity index (χ0v) is 15.0. The van der Waals surface area contributed by atoms with Crippen molar-refractivity contribution in [2.24, 2.45) is 0 Å². The van der Waals surface area contributed by atoms with Crippen LogP contribution in [0.15, 0.2) is 42.5 Å². The highest BCUT2D eigenvalue weighted by Gasteiger charge is 2.16. The van der Waals surface area contributed by atoms with Gasteiger partial charge in [-0.05, 0) is 35.9 Å². The van der Waals surface area contributed by atoms with Crippen molar-refractivity contribution >= 4 is 27.7 Å². The summed E-state index contributed by atoms with van der Waals surface area (Å²) in [4.78, 5) is 23.7. The van der Waals surface area contributed by atoms with Gasteiger partial charge in [0.1, 0.15) is 23.7 Å². The molecule has 0 spiro atoms. The highest BCUT2D eigenvalue weighted by molar-refractivity contribution is 9.09. The van der Waals surface area contributed by atoms with Crippen LogP contribution in [0.25, 0.3) is 0 Å². The Bertz CT molecular complexity index is 742. The fraction of sp³-hybridized carbons (Fsp3) is 0.222. The van der Waals surface area contributed by atoms with Gasteiger partial charge in [0.15, 0.2) is 5.78 Å². The number of carbonyl (C=O) groups is 2. The second kappa shape index (κ2) is 8.49. The summed E-state index contributed by atoms with van der Waals surface area (Å²) >= 11 is 3.11. The Balaban J connectivity index is 2.24. The first-order valence-electron chi connectivity index (χ1n) is 7.16. The van der Waals surface area contributed by atoms with Crippen LogP contribution in [0.2, 0.25) is 0 Å². The van der Waals surface area contributed by atoms with Crippen molar-refractivity contribution in [2.75, 3.05) is 19.5 Å². The van der Waals surface area contributed by atoms with Gasteiger partial charge in [-0.1, -0.05) is 28.1 Å². The average Bonchev–Trinajstić information content (AvgIpc) is 2.65. The maximum absolute atomic E-state index is 12.0. The van der Waals surface area contributed by atoms with Gasteiger partial charge in [-0.2, -0.15) is 0 Å². The molecule has 0 radical (unpaired) electrons. The average molecular weight is 393 g/mol. The van der Waals surface area contributed by atoms with E-state index in [1.807, 2.05) is 24.3 Å².